The molecule has 0 saturated carbocycles. The van der Waals surface area contributed by atoms with Gasteiger partial charge in [0.1, 0.15) is 5.82 Å². The Kier molecular flexibility index (Phi) is 2.14. The Labute approximate surface area is 88.6 Å². The quantitative estimate of drug-likeness (QED) is 0.685. The SMILES string of the molecule is Nc1c2c(nn1C1CCOC1)CNCC2. The van der Waals surface area contributed by atoms with Gasteiger partial charge < -0.3 is 15.8 Å². The van der Waals surface area contributed by atoms with Crippen LogP contribution in [0.2, 0.25) is 0 Å². The Balaban J connectivity index is 1.97. The van der Waals surface area contributed by atoms with Crippen molar-refractivity contribution in [2.24, 2.45) is 0 Å². The number of fused-ring (bicyclic) bond motifs is 1. The van der Waals surface area contributed by atoms with Crippen LogP contribution in [0.1, 0.15) is 23.7 Å². The summed E-state index contributed by atoms with van der Waals surface area (Å²) in [5.74, 6) is 0.849. The maximum absolute atomic E-state index is 6.12. The third-order valence-corrected chi connectivity index (χ3v) is 3.23. The molecule has 5 heteroatoms. The van der Waals surface area contributed by atoms with Gasteiger partial charge in [0.05, 0.1) is 18.3 Å². The summed E-state index contributed by atoms with van der Waals surface area (Å²) in [7, 11) is 0. The fourth-order valence-corrected chi connectivity index (χ4v) is 2.36. The molecule has 0 amide bonds. The number of rotatable bonds is 1. The second kappa shape index (κ2) is 3.50. The zero-order chi connectivity index (χ0) is 10.3. The van der Waals surface area contributed by atoms with Crippen molar-refractivity contribution in [2.75, 3.05) is 25.5 Å². The number of aromatic nitrogens is 2. The van der Waals surface area contributed by atoms with E-state index in [0.29, 0.717) is 6.04 Å². The molecule has 1 unspecified atom stereocenters. The second-order valence-corrected chi connectivity index (χ2v) is 4.20. The zero-order valence-corrected chi connectivity index (χ0v) is 8.70. The number of hydrogen-bond donors (Lipinski definition) is 2. The van der Waals surface area contributed by atoms with Crippen LogP contribution in [0.4, 0.5) is 5.82 Å². The highest BCUT2D eigenvalue weighted by molar-refractivity contribution is 5.45. The van der Waals surface area contributed by atoms with Crippen LogP contribution in [0.3, 0.4) is 0 Å². The van der Waals surface area contributed by atoms with Gasteiger partial charge in [0.25, 0.3) is 0 Å². The number of ether oxygens (including phenoxy) is 1. The van der Waals surface area contributed by atoms with Gasteiger partial charge in [-0.2, -0.15) is 5.10 Å². The van der Waals surface area contributed by atoms with Gasteiger partial charge in [0.15, 0.2) is 0 Å². The molecule has 1 aromatic rings. The van der Waals surface area contributed by atoms with Crippen molar-refractivity contribution in [1.29, 1.82) is 0 Å². The van der Waals surface area contributed by atoms with Crippen molar-refractivity contribution in [2.45, 2.75) is 25.4 Å². The summed E-state index contributed by atoms with van der Waals surface area (Å²) in [6.07, 6.45) is 2.02. The van der Waals surface area contributed by atoms with Crippen molar-refractivity contribution in [3.05, 3.63) is 11.3 Å². The zero-order valence-electron chi connectivity index (χ0n) is 8.70. The minimum atomic E-state index is 0.343. The molecule has 1 atom stereocenters. The van der Waals surface area contributed by atoms with Crippen molar-refractivity contribution in [3.63, 3.8) is 0 Å². The molecule has 1 saturated heterocycles. The molecule has 0 radical (unpaired) electrons. The average molecular weight is 208 g/mol. The van der Waals surface area contributed by atoms with Gasteiger partial charge in [-0.3, -0.25) is 0 Å². The molecule has 0 spiro atoms. The number of nitrogens with one attached hydrogen (secondary N) is 1. The molecule has 15 heavy (non-hydrogen) atoms. The molecule has 0 bridgehead atoms. The third kappa shape index (κ3) is 1.42. The standard InChI is InChI=1S/C10H16N4O/c11-10-8-1-3-12-5-9(8)13-14(10)7-2-4-15-6-7/h7,12H,1-6,11H2. The maximum atomic E-state index is 6.12. The van der Waals surface area contributed by atoms with E-state index in [2.05, 4.69) is 10.4 Å². The fourth-order valence-electron chi connectivity index (χ4n) is 2.36. The second-order valence-electron chi connectivity index (χ2n) is 4.20. The molecule has 2 aliphatic heterocycles. The van der Waals surface area contributed by atoms with Crippen LogP contribution >= 0.6 is 0 Å². The van der Waals surface area contributed by atoms with Gasteiger partial charge in [0, 0.05) is 18.7 Å². The fraction of sp³-hybridized carbons (Fsp3) is 0.700. The molecule has 0 aromatic carbocycles. The first-order valence-electron chi connectivity index (χ1n) is 5.50. The van der Waals surface area contributed by atoms with Gasteiger partial charge in [-0.15, -0.1) is 0 Å². The first-order chi connectivity index (χ1) is 7.36. The lowest BCUT2D eigenvalue weighted by Gasteiger charge is -2.11. The van der Waals surface area contributed by atoms with Gasteiger partial charge in [0.2, 0.25) is 0 Å². The van der Waals surface area contributed by atoms with Crippen molar-refractivity contribution in [3.8, 4) is 0 Å². The smallest absolute Gasteiger partial charge is 0.125 e. The van der Waals surface area contributed by atoms with E-state index in [-0.39, 0.29) is 0 Å². The summed E-state index contributed by atoms with van der Waals surface area (Å²) < 4.78 is 7.33. The molecule has 1 aromatic heterocycles. The number of anilines is 1. The van der Waals surface area contributed by atoms with E-state index in [1.54, 1.807) is 0 Å². The van der Waals surface area contributed by atoms with Gasteiger partial charge in [-0.05, 0) is 19.4 Å². The Morgan fingerprint density at radius 1 is 1.53 bits per heavy atom. The van der Waals surface area contributed by atoms with E-state index >= 15 is 0 Å². The average Bonchev–Trinajstić information content (AvgIpc) is 2.87. The Morgan fingerprint density at radius 2 is 2.47 bits per heavy atom. The maximum Gasteiger partial charge on any atom is 0.125 e. The van der Waals surface area contributed by atoms with Crippen molar-refractivity contribution >= 4 is 5.82 Å². The van der Waals surface area contributed by atoms with Crippen molar-refractivity contribution < 1.29 is 4.74 Å². The molecule has 3 N–H and O–H groups in total. The van der Waals surface area contributed by atoms with Crippen molar-refractivity contribution in [1.82, 2.24) is 15.1 Å². The first-order valence-corrected chi connectivity index (χ1v) is 5.50. The molecule has 1 fully saturated rings. The highest BCUT2D eigenvalue weighted by Crippen LogP contribution is 2.27. The van der Waals surface area contributed by atoms with E-state index < -0.39 is 0 Å². The van der Waals surface area contributed by atoms with Crippen LogP contribution in [-0.2, 0) is 17.7 Å². The van der Waals surface area contributed by atoms with Crippen LogP contribution in [-0.4, -0.2) is 29.5 Å². The van der Waals surface area contributed by atoms with E-state index in [4.69, 9.17) is 10.5 Å². The topological polar surface area (TPSA) is 65.1 Å². The van der Waals surface area contributed by atoms with Crippen LogP contribution in [0.15, 0.2) is 0 Å². The number of nitrogen functional groups attached to an aromatic ring is 1. The molecule has 5 nitrogen and oxygen atoms in total. The van der Waals surface area contributed by atoms with E-state index in [0.717, 1.165) is 50.7 Å². The summed E-state index contributed by atoms with van der Waals surface area (Å²) in [4.78, 5) is 0. The third-order valence-electron chi connectivity index (χ3n) is 3.23. The van der Waals surface area contributed by atoms with Gasteiger partial charge in [-0.25, -0.2) is 4.68 Å². The molecule has 0 aliphatic carbocycles. The summed E-state index contributed by atoms with van der Waals surface area (Å²) in [6.45, 7) is 3.43. The number of nitrogens with two attached hydrogens (primary N) is 1. The summed E-state index contributed by atoms with van der Waals surface area (Å²) in [5, 5.41) is 7.89. The van der Waals surface area contributed by atoms with E-state index in [1.165, 1.54) is 5.56 Å². The molecular formula is C10H16N4O. The first kappa shape index (κ1) is 9.18. The predicted octanol–water partition coefficient (Wildman–Crippen LogP) is 0.0724. The predicted molar refractivity (Wildman–Crippen MR) is 56.5 cm³/mol. The van der Waals surface area contributed by atoms with Crippen LogP contribution in [0, 0.1) is 0 Å². The monoisotopic (exact) mass is 208 g/mol. The highest BCUT2D eigenvalue weighted by atomic mass is 16.5. The Bertz CT molecular complexity index is 368. The molecule has 82 valence electrons. The highest BCUT2D eigenvalue weighted by Gasteiger charge is 2.25. The Hall–Kier alpha value is -1.07. The lowest BCUT2D eigenvalue weighted by Crippen LogP contribution is -2.23. The molecular weight excluding hydrogens is 192 g/mol. The normalized spacial score (nSPS) is 25.5. The van der Waals surface area contributed by atoms with Gasteiger partial charge in [-0.1, -0.05) is 0 Å². The molecule has 3 rings (SSSR count). The lowest BCUT2D eigenvalue weighted by molar-refractivity contribution is 0.185. The lowest BCUT2D eigenvalue weighted by atomic mass is 10.1. The minimum Gasteiger partial charge on any atom is -0.384 e. The Morgan fingerprint density at radius 3 is 3.20 bits per heavy atom. The van der Waals surface area contributed by atoms with Gasteiger partial charge >= 0.3 is 0 Å². The largest absolute Gasteiger partial charge is 0.384 e. The minimum absolute atomic E-state index is 0.343. The van der Waals surface area contributed by atoms with E-state index in [1.807, 2.05) is 4.68 Å². The number of hydrogen-bond acceptors (Lipinski definition) is 4. The van der Waals surface area contributed by atoms with E-state index in [9.17, 15) is 0 Å². The summed E-state index contributed by atoms with van der Waals surface area (Å²) >= 11 is 0. The molecule has 3 heterocycles. The van der Waals surface area contributed by atoms with Crippen LogP contribution in [0.5, 0.6) is 0 Å². The van der Waals surface area contributed by atoms with Crippen LogP contribution in [0.25, 0.3) is 0 Å². The number of nitrogens with zero attached hydrogens (tertiary/aromatic N) is 2. The summed E-state index contributed by atoms with van der Waals surface area (Å²) in [6, 6.07) is 0.343. The van der Waals surface area contributed by atoms with Crippen LogP contribution < -0.4 is 11.1 Å². The summed E-state index contributed by atoms with van der Waals surface area (Å²) in [5.41, 5.74) is 8.47. The molecule has 2 aliphatic rings.